The van der Waals surface area contributed by atoms with Crippen LogP contribution >= 0.6 is 27.7 Å². The van der Waals surface area contributed by atoms with Gasteiger partial charge in [0.1, 0.15) is 5.75 Å². The predicted octanol–water partition coefficient (Wildman–Crippen LogP) is 6.22. The summed E-state index contributed by atoms with van der Waals surface area (Å²) in [6.45, 7) is 1.98. The summed E-state index contributed by atoms with van der Waals surface area (Å²) in [4.78, 5) is 26.2. The number of anilines is 2. The molecule has 5 nitrogen and oxygen atoms in total. The van der Waals surface area contributed by atoms with E-state index in [0.29, 0.717) is 23.4 Å². The molecule has 2 N–H and O–H groups in total. The third-order valence-electron chi connectivity index (χ3n) is 4.52. The standard InChI is InChI=1S/C24H23BrN2O3S/c1-3-22(24(29)27-21-10-5-4-9-20(21)25)31-19-8-6-7-17(15-19)26-23(28)16-11-13-18(30-2)14-12-16/h4-15,22H,3H2,1-2H3,(H,26,28)(H,27,29). The van der Waals surface area contributed by atoms with Gasteiger partial charge in [0, 0.05) is 20.6 Å². The van der Waals surface area contributed by atoms with E-state index in [1.165, 1.54) is 11.8 Å². The summed E-state index contributed by atoms with van der Waals surface area (Å²) in [6.07, 6.45) is 0.670. The van der Waals surface area contributed by atoms with Crippen LogP contribution in [0.1, 0.15) is 23.7 Å². The van der Waals surface area contributed by atoms with Crippen molar-refractivity contribution in [2.45, 2.75) is 23.5 Å². The molecule has 0 radical (unpaired) electrons. The molecule has 0 spiro atoms. The second kappa shape index (κ2) is 11.0. The van der Waals surface area contributed by atoms with Gasteiger partial charge in [-0.15, -0.1) is 11.8 Å². The number of carbonyl (C=O) groups is 2. The Bertz CT molecular complexity index is 1060. The van der Waals surface area contributed by atoms with Gasteiger partial charge < -0.3 is 15.4 Å². The fraction of sp³-hybridized carbons (Fsp3) is 0.167. The largest absolute Gasteiger partial charge is 0.497 e. The van der Waals surface area contributed by atoms with Gasteiger partial charge in [-0.05, 0) is 76.9 Å². The van der Waals surface area contributed by atoms with Crippen molar-refractivity contribution in [1.82, 2.24) is 0 Å². The lowest BCUT2D eigenvalue weighted by molar-refractivity contribution is -0.115. The Morgan fingerprint density at radius 2 is 1.74 bits per heavy atom. The predicted molar refractivity (Wildman–Crippen MR) is 130 cm³/mol. The smallest absolute Gasteiger partial charge is 0.255 e. The van der Waals surface area contributed by atoms with Crippen molar-refractivity contribution in [2.24, 2.45) is 0 Å². The molecular formula is C24H23BrN2O3S. The molecule has 0 aliphatic heterocycles. The van der Waals surface area contributed by atoms with Crippen molar-refractivity contribution >= 4 is 50.9 Å². The molecule has 0 heterocycles. The van der Waals surface area contributed by atoms with Crippen LogP contribution in [0.3, 0.4) is 0 Å². The molecule has 0 aliphatic rings. The quantitative estimate of drug-likeness (QED) is 0.361. The summed E-state index contributed by atoms with van der Waals surface area (Å²) < 4.78 is 5.96. The minimum atomic E-state index is -0.264. The number of nitrogens with one attached hydrogen (secondary N) is 2. The number of hydrogen-bond donors (Lipinski definition) is 2. The molecule has 0 bridgehead atoms. The molecule has 3 aromatic rings. The molecule has 1 atom stereocenters. The topological polar surface area (TPSA) is 67.4 Å². The molecule has 3 aromatic carbocycles. The van der Waals surface area contributed by atoms with Gasteiger partial charge in [-0.3, -0.25) is 9.59 Å². The van der Waals surface area contributed by atoms with E-state index in [2.05, 4.69) is 26.6 Å². The number of carbonyl (C=O) groups excluding carboxylic acids is 2. The molecule has 0 aliphatic carbocycles. The summed E-state index contributed by atoms with van der Waals surface area (Å²) in [5.74, 6) is 0.428. The maximum Gasteiger partial charge on any atom is 0.255 e. The number of hydrogen-bond acceptors (Lipinski definition) is 4. The minimum Gasteiger partial charge on any atom is -0.497 e. The number of para-hydroxylation sites is 1. The van der Waals surface area contributed by atoms with Crippen LogP contribution in [0.15, 0.2) is 82.2 Å². The molecule has 31 heavy (non-hydrogen) atoms. The van der Waals surface area contributed by atoms with Crippen LogP contribution in [0.25, 0.3) is 0 Å². The van der Waals surface area contributed by atoms with E-state index in [4.69, 9.17) is 4.74 Å². The number of thioether (sulfide) groups is 1. The maximum absolute atomic E-state index is 12.8. The van der Waals surface area contributed by atoms with Gasteiger partial charge in [-0.25, -0.2) is 0 Å². The van der Waals surface area contributed by atoms with Gasteiger partial charge in [0.05, 0.1) is 18.0 Å². The number of amides is 2. The van der Waals surface area contributed by atoms with Crippen LogP contribution in [0.4, 0.5) is 11.4 Å². The van der Waals surface area contributed by atoms with Gasteiger partial charge in [-0.2, -0.15) is 0 Å². The van der Waals surface area contributed by atoms with Crippen LogP contribution in [0.5, 0.6) is 5.75 Å². The summed E-state index contributed by atoms with van der Waals surface area (Å²) in [5, 5.41) is 5.61. The average Bonchev–Trinajstić information content (AvgIpc) is 2.79. The average molecular weight is 499 g/mol. The highest BCUT2D eigenvalue weighted by Gasteiger charge is 2.19. The highest BCUT2D eigenvalue weighted by molar-refractivity contribution is 9.10. The van der Waals surface area contributed by atoms with Gasteiger partial charge in [0.15, 0.2) is 0 Å². The van der Waals surface area contributed by atoms with E-state index in [-0.39, 0.29) is 17.1 Å². The Morgan fingerprint density at radius 3 is 2.42 bits per heavy atom. The fourth-order valence-corrected chi connectivity index (χ4v) is 4.25. The second-order valence-corrected chi connectivity index (χ2v) is 8.82. The van der Waals surface area contributed by atoms with E-state index in [1.807, 2.05) is 55.5 Å². The zero-order valence-electron chi connectivity index (χ0n) is 17.2. The van der Waals surface area contributed by atoms with E-state index in [0.717, 1.165) is 15.1 Å². The highest BCUT2D eigenvalue weighted by atomic mass is 79.9. The van der Waals surface area contributed by atoms with E-state index < -0.39 is 0 Å². The van der Waals surface area contributed by atoms with E-state index in [9.17, 15) is 9.59 Å². The van der Waals surface area contributed by atoms with Crippen molar-refractivity contribution in [3.63, 3.8) is 0 Å². The molecule has 0 fully saturated rings. The Balaban J connectivity index is 1.66. The molecular weight excluding hydrogens is 476 g/mol. The van der Waals surface area contributed by atoms with Crippen molar-refractivity contribution in [2.75, 3.05) is 17.7 Å². The first kappa shape index (κ1) is 22.9. The lowest BCUT2D eigenvalue weighted by atomic mass is 10.2. The lowest BCUT2D eigenvalue weighted by Gasteiger charge is -2.16. The lowest BCUT2D eigenvalue weighted by Crippen LogP contribution is -2.24. The van der Waals surface area contributed by atoms with Gasteiger partial charge in [-0.1, -0.05) is 25.1 Å². The maximum atomic E-state index is 12.8. The molecule has 2 amide bonds. The normalized spacial score (nSPS) is 11.5. The number of ether oxygens (including phenoxy) is 1. The Labute approximate surface area is 194 Å². The molecule has 160 valence electrons. The van der Waals surface area contributed by atoms with Crippen molar-refractivity contribution < 1.29 is 14.3 Å². The Hall–Kier alpha value is -2.77. The SMILES string of the molecule is CCC(Sc1cccc(NC(=O)c2ccc(OC)cc2)c1)C(=O)Nc1ccccc1Br. The first-order valence-corrected chi connectivity index (χ1v) is 11.4. The zero-order valence-corrected chi connectivity index (χ0v) is 19.6. The molecule has 0 saturated heterocycles. The van der Waals surface area contributed by atoms with Gasteiger partial charge in [0.25, 0.3) is 5.91 Å². The summed E-state index contributed by atoms with van der Waals surface area (Å²) in [5.41, 5.74) is 1.96. The van der Waals surface area contributed by atoms with Gasteiger partial charge >= 0.3 is 0 Å². The summed E-state index contributed by atoms with van der Waals surface area (Å²) >= 11 is 4.92. The van der Waals surface area contributed by atoms with Crippen molar-refractivity contribution in [3.8, 4) is 5.75 Å². The summed E-state index contributed by atoms with van der Waals surface area (Å²) in [7, 11) is 1.58. The van der Waals surface area contributed by atoms with Gasteiger partial charge in [0.2, 0.25) is 5.91 Å². The van der Waals surface area contributed by atoms with E-state index in [1.54, 1.807) is 31.4 Å². The third kappa shape index (κ3) is 6.35. The first-order valence-electron chi connectivity index (χ1n) is 9.77. The van der Waals surface area contributed by atoms with Crippen LogP contribution in [-0.4, -0.2) is 24.2 Å². The van der Waals surface area contributed by atoms with Crippen LogP contribution in [0.2, 0.25) is 0 Å². The molecule has 3 rings (SSSR count). The van der Waals surface area contributed by atoms with Crippen molar-refractivity contribution in [3.05, 3.63) is 82.8 Å². The molecule has 0 saturated carbocycles. The summed E-state index contributed by atoms with van der Waals surface area (Å²) in [6, 6.07) is 21.9. The Kier molecular flexibility index (Phi) is 8.14. The Morgan fingerprint density at radius 1 is 1.00 bits per heavy atom. The number of methoxy groups -OCH3 is 1. The molecule has 0 aromatic heterocycles. The monoisotopic (exact) mass is 498 g/mol. The number of halogens is 1. The van der Waals surface area contributed by atoms with Crippen LogP contribution < -0.4 is 15.4 Å². The molecule has 7 heteroatoms. The zero-order chi connectivity index (χ0) is 22.2. The number of benzene rings is 3. The van der Waals surface area contributed by atoms with Crippen LogP contribution in [-0.2, 0) is 4.79 Å². The van der Waals surface area contributed by atoms with Crippen molar-refractivity contribution in [1.29, 1.82) is 0 Å². The second-order valence-electron chi connectivity index (χ2n) is 6.69. The first-order chi connectivity index (χ1) is 15.0. The fourth-order valence-electron chi connectivity index (χ4n) is 2.86. The van der Waals surface area contributed by atoms with Crippen LogP contribution in [0, 0.1) is 0 Å². The third-order valence-corrected chi connectivity index (χ3v) is 6.57. The molecule has 1 unspecified atom stereocenters. The highest BCUT2D eigenvalue weighted by Crippen LogP contribution is 2.30. The number of rotatable bonds is 8. The van der Waals surface area contributed by atoms with E-state index >= 15 is 0 Å². The minimum absolute atomic E-state index is 0.0629.